The number of carbonyl (C=O) groups is 1. The van der Waals surface area contributed by atoms with Gasteiger partial charge in [0.15, 0.2) is 5.13 Å². The molecule has 6 nitrogen and oxygen atoms in total. The maximum Gasteiger partial charge on any atom is 0.262 e. The smallest absolute Gasteiger partial charge is 0.262 e. The number of pyridine rings is 1. The Kier molecular flexibility index (Phi) is 4.67. The number of amides is 1. The van der Waals surface area contributed by atoms with Crippen LogP contribution in [-0.4, -0.2) is 23.0 Å². The summed E-state index contributed by atoms with van der Waals surface area (Å²) in [6, 6.07) is 14.9. The van der Waals surface area contributed by atoms with Gasteiger partial charge in [0.05, 0.1) is 12.8 Å². The second-order valence-corrected chi connectivity index (χ2v) is 7.39. The molecule has 0 radical (unpaired) electrons. The number of aromatic amines is 1. The molecule has 2 N–H and O–H groups in total. The van der Waals surface area contributed by atoms with E-state index in [0.717, 1.165) is 16.1 Å². The number of fused-ring (bicyclic) bond motifs is 1. The minimum atomic E-state index is -0.501. The van der Waals surface area contributed by atoms with Gasteiger partial charge in [-0.3, -0.25) is 14.9 Å². The second-order valence-electron chi connectivity index (χ2n) is 6.19. The first-order chi connectivity index (χ1) is 13.6. The van der Waals surface area contributed by atoms with Crippen molar-refractivity contribution in [3.8, 4) is 17.0 Å². The van der Waals surface area contributed by atoms with Gasteiger partial charge in [0.1, 0.15) is 11.3 Å². The topological polar surface area (TPSA) is 84.1 Å². The number of nitrogens with zero attached hydrogens (tertiary/aromatic N) is 1. The molecule has 0 unspecified atom stereocenters. The van der Waals surface area contributed by atoms with E-state index in [4.69, 9.17) is 4.74 Å². The van der Waals surface area contributed by atoms with E-state index in [1.807, 2.05) is 37.3 Å². The molecule has 2 heterocycles. The highest BCUT2D eigenvalue weighted by Gasteiger charge is 2.17. The molecule has 0 fully saturated rings. The number of H-pyrrole nitrogens is 1. The maximum absolute atomic E-state index is 12.8. The monoisotopic (exact) mass is 391 g/mol. The molecule has 28 heavy (non-hydrogen) atoms. The van der Waals surface area contributed by atoms with Crippen molar-refractivity contribution < 1.29 is 9.53 Å². The molecule has 0 bridgehead atoms. The third-order valence-electron chi connectivity index (χ3n) is 4.40. The van der Waals surface area contributed by atoms with Gasteiger partial charge in [0.2, 0.25) is 5.43 Å². The first-order valence-electron chi connectivity index (χ1n) is 8.60. The number of aryl methyl sites for hydroxylation is 1. The van der Waals surface area contributed by atoms with E-state index >= 15 is 0 Å². The largest absolute Gasteiger partial charge is 0.497 e. The van der Waals surface area contributed by atoms with E-state index in [1.54, 1.807) is 18.2 Å². The number of carbonyl (C=O) groups excluding carboxylic acids is 1. The number of ether oxygens (including phenoxy) is 1. The van der Waals surface area contributed by atoms with E-state index in [1.165, 1.54) is 24.6 Å². The van der Waals surface area contributed by atoms with E-state index in [9.17, 15) is 9.59 Å². The fourth-order valence-corrected chi connectivity index (χ4v) is 3.80. The van der Waals surface area contributed by atoms with Crippen LogP contribution in [0.1, 0.15) is 15.2 Å². The molecule has 0 aliphatic carbocycles. The van der Waals surface area contributed by atoms with Gasteiger partial charge in [0.25, 0.3) is 5.91 Å². The summed E-state index contributed by atoms with van der Waals surface area (Å²) in [5.41, 5.74) is 2.10. The molecule has 2 aromatic carbocycles. The van der Waals surface area contributed by atoms with Crippen LogP contribution >= 0.6 is 11.3 Å². The average molecular weight is 391 g/mol. The molecule has 4 aromatic rings. The number of hydrogen-bond acceptors (Lipinski definition) is 5. The first-order valence-corrected chi connectivity index (χ1v) is 9.42. The van der Waals surface area contributed by atoms with E-state index < -0.39 is 5.91 Å². The third kappa shape index (κ3) is 3.27. The van der Waals surface area contributed by atoms with Crippen molar-refractivity contribution in [1.29, 1.82) is 0 Å². The number of thiazole rings is 1. The Morgan fingerprint density at radius 3 is 2.71 bits per heavy atom. The van der Waals surface area contributed by atoms with E-state index in [-0.39, 0.29) is 11.0 Å². The first kappa shape index (κ1) is 17.9. The molecule has 4 rings (SSSR count). The number of methoxy groups -OCH3 is 1. The van der Waals surface area contributed by atoms with E-state index in [2.05, 4.69) is 15.3 Å². The summed E-state index contributed by atoms with van der Waals surface area (Å²) in [6.45, 7) is 1.95. The molecule has 0 aliphatic rings. The molecule has 0 aliphatic heterocycles. The highest BCUT2D eigenvalue weighted by molar-refractivity contribution is 7.16. The van der Waals surface area contributed by atoms with Crippen molar-refractivity contribution in [2.45, 2.75) is 6.92 Å². The molecule has 2 aromatic heterocycles. The molecule has 140 valence electrons. The van der Waals surface area contributed by atoms with Crippen LogP contribution in [0.2, 0.25) is 0 Å². The highest BCUT2D eigenvalue weighted by atomic mass is 32.1. The Labute approximate surface area is 164 Å². The Balaban J connectivity index is 1.66. The van der Waals surface area contributed by atoms with Crippen LogP contribution in [0.25, 0.3) is 22.2 Å². The zero-order valence-electron chi connectivity index (χ0n) is 15.3. The summed E-state index contributed by atoms with van der Waals surface area (Å²) in [5, 5.41) is 3.59. The lowest BCUT2D eigenvalue weighted by Crippen LogP contribution is -2.21. The van der Waals surface area contributed by atoms with Gasteiger partial charge >= 0.3 is 0 Å². The van der Waals surface area contributed by atoms with Crippen LogP contribution in [0.5, 0.6) is 5.75 Å². The number of hydrogen-bond donors (Lipinski definition) is 2. The maximum atomic E-state index is 12.8. The zero-order chi connectivity index (χ0) is 19.7. The van der Waals surface area contributed by atoms with Crippen molar-refractivity contribution in [3.63, 3.8) is 0 Å². The van der Waals surface area contributed by atoms with Crippen molar-refractivity contribution >= 4 is 33.3 Å². The molecule has 0 saturated carbocycles. The standard InChI is InChI=1S/C21H17N3O3S/c1-12-18(13-6-4-3-5-7-13)23-21(28-12)24-20(26)16-11-22-17-9-8-14(27-2)10-15(17)19(16)25/h3-11H,1-2H3,(H,22,25)(H,23,24,26). The van der Waals surface area contributed by atoms with Crippen molar-refractivity contribution in [3.05, 3.63) is 75.4 Å². The molecule has 0 spiro atoms. The minimum Gasteiger partial charge on any atom is -0.497 e. The normalized spacial score (nSPS) is 10.8. The predicted octanol–water partition coefficient (Wildman–Crippen LogP) is 4.22. The molecule has 0 atom stereocenters. The van der Waals surface area contributed by atoms with E-state index in [0.29, 0.717) is 21.8 Å². The van der Waals surface area contributed by atoms with Crippen LogP contribution in [0.15, 0.2) is 59.5 Å². The molecule has 1 amide bonds. The summed E-state index contributed by atoms with van der Waals surface area (Å²) in [5.74, 6) is 0.0536. The van der Waals surface area contributed by atoms with Crippen LogP contribution in [0.4, 0.5) is 5.13 Å². The fourth-order valence-electron chi connectivity index (χ4n) is 2.97. The van der Waals surface area contributed by atoms with Crippen molar-refractivity contribution in [2.75, 3.05) is 12.4 Å². The lowest BCUT2D eigenvalue weighted by molar-refractivity contribution is 0.102. The van der Waals surface area contributed by atoms with Gasteiger partial charge in [-0.15, -0.1) is 11.3 Å². The number of aromatic nitrogens is 2. The number of nitrogens with one attached hydrogen (secondary N) is 2. The number of benzene rings is 2. The predicted molar refractivity (Wildman–Crippen MR) is 111 cm³/mol. The zero-order valence-corrected chi connectivity index (χ0v) is 16.1. The van der Waals surface area contributed by atoms with Crippen LogP contribution in [0, 0.1) is 6.92 Å². The van der Waals surface area contributed by atoms with Gasteiger partial charge in [-0.05, 0) is 25.1 Å². The van der Waals surface area contributed by atoms with Gasteiger partial charge < -0.3 is 9.72 Å². The number of rotatable bonds is 4. The highest BCUT2D eigenvalue weighted by Crippen LogP contribution is 2.30. The molecule has 7 heteroatoms. The summed E-state index contributed by atoms with van der Waals surface area (Å²) in [4.78, 5) is 34.0. The lowest BCUT2D eigenvalue weighted by atomic mass is 10.1. The van der Waals surface area contributed by atoms with Crippen LogP contribution in [0.3, 0.4) is 0 Å². The molecular formula is C21H17N3O3S. The second kappa shape index (κ2) is 7.28. The summed E-state index contributed by atoms with van der Waals surface area (Å²) in [6.07, 6.45) is 1.42. The summed E-state index contributed by atoms with van der Waals surface area (Å²) < 4.78 is 5.17. The van der Waals surface area contributed by atoms with Gasteiger partial charge in [-0.1, -0.05) is 30.3 Å². The SMILES string of the molecule is COc1ccc2[nH]cc(C(=O)Nc3nc(-c4ccccc4)c(C)s3)c(=O)c2c1. The van der Waals surface area contributed by atoms with Gasteiger partial charge in [0, 0.05) is 27.5 Å². The van der Waals surface area contributed by atoms with Gasteiger partial charge in [-0.25, -0.2) is 4.98 Å². The van der Waals surface area contributed by atoms with Crippen molar-refractivity contribution in [1.82, 2.24) is 9.97 Å². The lowest BCUT2D eigenvalue weighted by Gasteiger charge is -2.05. The molecule has 0 saturated heterocycles. The van der Waals surface area contributed by atoms with Crippen molar-refractivity contribution in [2.24, 2.45) is 0 Å². The Morgan fingerprint density at radius 2 is 1.96 bits per heavy atom. The summed E-state index contributed by atoms with van der Waals surface area (Å²) >= 11 is 1.37. The third-order valence-corrected chi connectivity index (χ3v) is 5.28. The quantitative estimate of drug-likeness (QED) is 0.545. The number of anilines is 1. The van der Waals surface area contributed by atoms with Crippen LogP contribution in [-0.2, 0) is 0 Å². The Morgan fingerprint density at radius 1 is 1.18 bits per heavy atom. The average Bonchev–Trinajstić information content (AvgIpc) is 3.08. The Bertz CT molecular complexity index is 1230. The Hall–Kier alpha value is -3.45. The van der Waals surface area contributed by atoms with Crippen LogP contribution < -0.4 is 15.5 Å². The summed E-state index contributed by atoms with van der Waals surface area (Å²) in [7, 11) is 1.53. The fraction of sp³-hybridized carbons (Fsp3) is 0.0952. The molecular weight excluding hydrogens is 374 g/mol. The minimum absolute atomic E-state index is 0.0230. The van der Waals surface area contributed by atoms with Gasteiger partial charge in [-0.2, -0.15) is 0 Å².